The second-order valence-corrected chi connectivity index (χ2v) is 3.55. The molecule has 2 atom stereocenters. The second-order valence-electron chi connectivity index (χ2n) is 3.55. The number of hydrogen-bond acceptors (Lipinski definition) is 2. The fourth-order valence-electron chi connectivity index (χ4n) is 1.95. The maximum absolute atomic E-state index is 12.9. The summed E-state index contributed by atoms with van der Waals surface area (Å²) in [7, 11) is 0. The Morgan fingerprint density at radius 3 is 3.08 bits per heavy atom. The molecule has 1 radical (unpaired) electrons. The Labute approximate surface area is 72.7 Å². The zero-order chi connectivity index (χ0) is 8.39. The molecule has 0 aromatic carbocycles. The van der Waals surface area contributed by atoms with Crippen molar-refractivity contribution in [2.75, 3.05) is 26.3 Å². The van der Waals surface area contributed by atoms with Crippen molar-refractivity contribution in [1.29, 1.82) is 0 Å². The van der Waals surface area contributed by atoms with Gasteiger partial charge in [-0.3, -0.25) is 4.90 Å². The maximum atomic E-state index is 12.9. The number of nitrogens with zero attached hydrogens (tertiary/aromatic N) is 1. The molecule has 2 nitrogen and oxygen atoms in total. The van der Waals surface area contributed by atoms with Gasteiger partial charge in [0, 0.05) is 19.2 Å². The van der Waals surface area contributed by atoms with E-state index in [1.807, 2.05) is 0 Å². The van der Waals surface area contributed by atoms with Crippen LogP contribution in [0.15, 0.2) is 0 Å². The van der Waals surface area contributed by atoms with Crippen LogP contribution in [-0.2, 0) is 4.74 Å². The first-order valence-corrected chi connectivity index (χ1v) is 4.65. The first-order chi connectivity index (χ1) is 5.86. The molecular weight excluding hydrogens is 157 g/mol. The fraction of sp³-hybridized carbons (Fsp3) is 0.889. The minimum absolute atomic E-state index is 0.483. The smallest absolute Gasteiger partial charge is 0.116 e. The highest BCUT2D eigenvalue weighted by Gasteiger charge is 2.28. The zero-order valence-electron chi connectivity index (χ0n) is 7.21. The van der Waals surface area contributed by atoms with Crippen LogP contribution < -0.4 is 0 Å². The molecule has 0 saturated carbocycles. The molecule has 0 bridgehead atoms. The van der Waals surface area contributed by atoms with E-state index in [9.17, 15) is 4.39 Å². The van der Waals surface area contributed by atoms with Crippen molar-refractivity contribution in [2.24, 2.45) is 0 Å². The van der Waals surface area contributed by atoms with Gasteiger partial charge < -0.3 is 4.74 Å². The van der Waals surface area contributed by atoms with Gasteiger partial charge in [-0.1, -0.05) is 0 Å². The minimum atomic E-state index is -0.723. The Balaban J connectivity index is 1.85. The summed E-state index contributed by atoms with van der Waals surface area (Å²) in [5.74, 6) is 0. The highest BCUT2D eigenvalue weighted by atomic mass is 19.1. The molecule has 0 N–H and O–H groups in total. The van der Waals surface area contributed by atoms with Crippen molar-refractivity contribution in [3.63, 3.8) is 0 Å². The Kier molecular flexibility index (Phi) is 2.61. The van der Waals surface area contributed by atoms with Gasteiger partial charge in [-0.25, -0.2) is 4.39 Å². The van der Waals surface area contributed by atoms with Crippen LogP contribution in [0.3, 0.4) is 0 Å². The molecule has 2 fully saturated rings. The fourth-order valence-corrected chi connectivity index (χ4v) is 1.95. The van der Waals surface area contributed by atoms with Gasteiger partial charge in [-0.2, -0.15) is 0 Å². The normalized spacial score (nSPS) is 38.8. The van der Waals surface area contributed by atoms with Crippen molar-refractivity contribution < 1.29 is 9.13 Å². The van der Waals surface area contributed by atoms with Crippen molar-refractivity contribution in [3.05, 3.63) is 6.42 Å². The summed E-state index contributed by atoms with van der Waals surface area (Å²) in [5.41, 5.74) is 0. The largest absolute Gasteiger partial charge is 0.380 e. The number of likely N-dealkylation sites (tertiary alicyclic amines) is 1. The van der Waals surface area contributed by atoms with Gasteiger partial charge in [0.05, 0.1) is 6.61 Å². The van der Waals surface area contributed by atoms with E-state index in [0.717, 1.165) is 32.6 Å². The number of alkyl halides is 1. The number of hydrogen-bond donors (Lipinski definition) is 0. The highest BCUT2D eigenvalue weighted by Crippen LogP contribution is 2.19. The monoisotopic (exact) mass is 172 g/mol. The summed E-state index contributed by atoms with van der Waals surface area (Å²) >= 11 is 0. The summed E-state index contributed by atoms with van der Waals surface area (Å²) in [6.07, 6.45) is 3.01. The van der Waals surface area contributed by atoms with E-state index in [1.165, 1.54) is 0 Å². The number of halogens is 1. The topological polar surface area (TPSA) is 12.5 Å². The molecule has 0 aliphatic carbocycles. The van der Waals surface area contributed by atoms with Gasteiger partial charge in [0.25, 0.3) is 0 Å². The first-order valence-electron chi connectivity index (χ1n) is 4.65. The number of ether oxygens (including phenoxy) is 1. The van der Waals surface area contributed by atoms with E-state index in [0.29, 0.717) is 12.6 Å². The van der Waals surface area contributed by atoms with Crippen LogP contribution in [0.5, 0.6) is 0 Å². The molecule has 2 aliphatic heterocycles. The molecule has 69 valence electrons. The summed E-state index contributed by atoms with van der Waals surface area (Å²) in [6, 6.07) is 0.483. The predicted molar refractivity (Wildman–Crippen MR) is 44.6 cm³/mol. The SMILES string of the molecule is F[C@H]1[CH]CCN([C@H]2CCOC2)C1. The van der Waals surface area contributed by atoms with Crippen LogP contribution in [0.2, 0.25) is 0 Å². The molecule has 2 aliphatic rings. The van der Waals surface area contributed by atoms with Crippen molar-refractivity contribution >= 4 is 0 Å². The molecule has 0 spiro atoms. The molecule has 2 saturated heterocycles. The maximum Gasteiger partial charge on any atom is 0.116 e. The lowest BCUT2D eigenvalue weighted by atomic mass is 10.1. The average molecular weight is 172 g/mol. The van der Waals surface area contributed by atoms with Gasteiger partial charge in [0.2, 0.25) is 0 Å². The van der Waals surface area contributed by atoms with E-state index in [-0.39, 0.29) is 0 Å². The summed E-state index contributed by atoms with van der Waals surface area (Å²) in [6.45, 7) is 3.23. The van der Waals surface area contributed by atoms with Crippen LogP contribution in [0.1, 0.15) is 12.8 Å². The van der Waals surface area contributed by atoms with Crippen LogP contribution in [0.4, 0.5) is 4.39 Å². The standard InChI is InChI=1S/C9H15FNO/c10-8-2-1-4-11(6-8)9-3-5-12-7-9/h2,8-9H,1,3-7H2/t8-,9-/m0/s1. The van der Waals surface area contributed by atoms with E-state index in [2.05, 4.69) is 4.90 Å². The zero-order valence-corrected chi connectivity index (χ0v) is 7.21. The lowest BCUT2D eigenvalue weighted by Crippen LogP contribution is -2.43. The van der Waals surface area contributed by atoms with Gasteiger partial charge in [-0.05, 0) is 25.8 Å². The molecule has 0 amide bonds. The molecule has 2 heterocycles. The number of rotatable bonds is 1. The van der Waals surface area contributed by atoms with Crippen molar-refractivity contribution in [1.82, 2.24) is 4.90 Å². The Morgan fingerprint density at radius 1 is 1.50 bits per heavy atom. The first kappa shape index (κ1) is 8.45. The summed E-state index contributed by atoms with van der Waals surface area (Å²) in [5, 5.41) is 0. The van der Waals surface area contributed by atoms with E-state index in [4.69, 9.17) is 4.74 Å². The van der Waals surface area contributed by atoms with Crippen LogP contribution in [-0.4, -0.2) is 43.4 Å². The lowest BCUT2D eigenvalue weighted by molar-refractivity contribution is 0.108. The summed E-state index contributed by atoms with van der Waals surface area (Å²) in [4.78, 5) is 2.22. The molecule has 0 unspecified atom stereocenters. The molecular formula is C9H15FNO. The van der Waals surface area contributed by atoms with E-state index < -0.39 is 6.17 Å². The highest BCUT2D eigenvalue weighted by molar-refractivity contribution is 4.89. The third-order valence-electron chi connectivity index (χ3n) is 2.67. The van der Waals surface area contributed by atoms with E-state index >= 15 is 0 Å². The average Bonchev–Trinajstić information content (AvgIpc) is 2.56. The van der Waals surface area contributed by atoms with Crippen molar-refractivity contribution in [2.45, 2.75) is 25.1 Å². The second kappa shape index (κ2) is 3.71. The van der Waals surface area contributed by atoms with Crippen LogP contribution in [0.25, 0.3) is 0 Å². The Hall–Kier alpha value is -0.150. The molecule has 3 heteroatoms. The minimum Gasteiger partial charge on any atom is -0.380 e. The molecule has 2 rings (SSSR count). The van der Waals surface area contributed by atoms with Gasteiger partial charge >= 0.3 is 0 Å². The molecule has 0 aromatic rings. The van der Waals surface area contributed by atoms with Crippen LogP contribution in [0, 0.1) is 6.42 Å². The van der Waals surface area contributed by atoms with Crippen molar-refractivity contribution in [3.8, 4) is 0 Å². The Morgan fingerprint density at radius 2 is 2.42 bits per heavy atom. The number of piperidine rings is 1. The van der Waals surface area contributed by atoms with Gasteiger partial charge in [-0.15, -0.1) is 0 Å². The lowest BCUT2D eigenvalue weighted by Gasteiger charge is -2.32. The Bertz CT molecular complexity index is 147. The quantitative estimate of drug-likeness (QED) is 0.585. The molecule has 0 aromatic heterocycles. The molecule has 12 heavy (non-hydrogen) atoms. The third kappa shape index (κ3) is 1.77. The van der Waals surface area contributed by atoms with Crippen LogP contribution >= 0.6 is 0 Å². The van der Waals surface area contributed by atoms with Gasteiger partial charge in [0.1, 0.15) is 6.17 Å². The summed E-state index contributed by atoms with van der Waals surface area (Å²) < 4.78 is 18.2. The third-order valence-corrected chi connectivity index (χ3v) is 2.67. The predicted octanol–water partition coefficient (Wildman–Crippen LogP) is 1.02. The van der Waals surface area contributed by atoms with E-state index in [1.54, 1.807) is 6.42 Å². The van der Waals surface area contributed by atoms with Gasteiger partial charge in [0.15, 0.2) is 0 Å².